The van der Waals surface area contributed by atoms with Crippen LogP contribution >= 0.6 is 0 Å². The van der Waals surface area contributed by atoms with E-state index < -0.39 is 9.84 Å². The minimum absolute atomic E-state index is 0.222. The molecule has 1 aromatic rings. The van der Waals surface area contributed by atoms with Crippen LogP contribution in [0.3, 0.4) is 0 Å². The monoisotopic (exact) mass is 224 g/mol. The van der Waals surface area contributed by atoms with Crippen molar-refractivity contribution in [3.63, 3.8) is 0 Å². The highest BCUT2D eigenvalue weighted by atomic mass is 32.2. The zero-order valence-corrected chi connectivity index (χ0v) is 9.92. The molecule has 0 heterocycles. The smallest absolute Gasteiger partial charge is 0.181 e. The number of aryl methyl sites for hydroxylation is 1. The predicted octanol–water partition coefficient (Wildman–Crippen LogP) is 2.57. The van der Waals surface area contributed by atoms with E-state index >= 15 is 0 Å². The Morgan fingerprint density at radius 2 is 1.73 bits per heavy atom. The summed E-state index contributed by atoms with van der Waals surface area (Å²) in [6.45, 7) is 3.79. The number of benzene rings is 1. The van der Waals surface area contributed by atoms with E-state index in [1.807, 2.05) is 26.0 Å². The summed E-state index contributed by atoms with van der Waals surface area (Å²) < 4.78 is 24.2. The molecule has 82 valence electrons. The molecule has 0 aromatic heterocycles. The largest absolute Gasteiger partial charge is 0.223 e. The van der Waals surface area contributed by atoms with Crippen LogP contribution in [0.5, 0.6) is 0 Å². The molecule has 0 bridgehead atoms. The first-order valence-electron chi connectivity index (χ1n) is 5.32. The molecular weight excluding hydrogens is 208 g/mol. The molecule has 1 atom stereocenters. The van der Waals surface area contributed by atoms with E-state index in [0.717, 1.165) is 18.4 Å². The van der Waals surface area contributed by atoms with Gasteiger partial charge in [0.2, 0.25) is 0 Å². The van der Waals surface area contributed by atoms with Crippen LogP contribution in [0, 0.1) is 12.8 Å². The summed E-state index contributed by atoms with van der Waals surface area (Å²) in [7, 11) is -3.09. The van der Waals surface area contributed by atoms with Crippen LogP contribution < -0.4 is 0 Å². The van der Waals surface area contributed by atoms with Gasteiger partial charge < -0.3 is 0 Å². The quantitative estimate of drug-likeness (QED) is 0.790. The van der Waals surface area contributed by atoms with Gasteiger partial charge >= 0.3 is 0 Å². The topological polar surface area (TPSA) is 34.1 Å². The van der Waals surface area contributed by atoms with E-state index in [0.29, 0.717) is 10.8 Å². The number of sulfone groups is 1. The molecule has 2 nitrogen and oxygen atoms in total. The molecule has 0 N–H and O–H groups in total. The Bertz CT molecular complexity index is 441. The molecule has 1 aromatic carbocycles. The van der Waals surface area contributed by atoms with Gasteiger partial charge in [0.05, 0.1) is 10.1 Å². The molecule has 1 fully saturated rings. The first-order valence-corrected chi connectivity index (χ1v) is 6.87. The van der Waals surface area contributed by atoms with Crippen molar-refractivity contribution in [2.75, 3.05) is 0 Å². The summed E-state index contributed by atoms with van der Waals surface area (Å²) in [5.74, 6) is 0.385. The van der Waals surface area contributed by atoms with Crippen molar-refractivity contribution in [3.05, 3.63) is 29.8 Å². The van der Waals surface area contributed by atoms with Crippen LogP contribution in [-0.2, 0) is 9.84 Å². The van der Waals surface area contributed by atoms with Crippen LogP contribution in [0.25, 0.3) is 0 Å². The molecule has 0 radical (unpaired) electrons. The molecule has 1 unspecified atom stereocenters. The summed E-state index contributed by atoms with van der Waals surface area (Å²) in [4.78, 5) is 0.465. The summed E-state index contributed by atoms with van der Waals surface area (Å²) >= 11 is 0. The summed E-state index contributed by atoms with van der Waals surface area (Å²) in [6, 6.07) is 7.13. The van der Waals surface area contributed by atoms with Crippen molar-refractivity contribution in [3.8, 4) is 0 Å². The van der Waals surface area contributed by atoms with Crippen molar-refractivity contribution >= 4 is 9.84 Å². The average Bonchev–Trinajstić information content (AvgIpc) is 3.00. The lowest BCUT2D eigenvalue weighted by Crippen LogP contribution is -2.19. The van der Waals surface area contributed by atoms with E-state index in [1.54, 1.807) is 12.1 Å². The van der Waals surface area contributed by atoms with Gasteiger partial charge in [0, 0.05) is 0 Å². The fourth-order valence-electron chi connectivity index (χ4n) is 1.76. The third kappa shape index (κ3) is 2.07. The van der Waals surface area contributed by atoms with Gasteiger partial charge in [-0.15, -0.1) is 0 Å². The third-order valence-corrected chi connectivity index (χ3v) is 5.42. The zero-order valence-electron chi connectivity index (χ0n) is 9.10. The molecule has 2 rings (SSSR count). The van der Waals surface area contributed by atoms with Crippen LogP contribution in [0.15, 0.2) is 29.2 Å². The molecule has 0 saturated heterocycles. The number of rotatable bonds is 3. The highest BCUT2D eigenvalue weighted by molar-refractivity contribution is 7.92. The molecule has 0 spiro atoms. The van der Waals surface area contributed by atoms with E-state index in [1.165, 1.54) is 0 Å². The summed E-state index contributed by atoms with van der Waals surface area (Å²) in [6.07, 6.45) is 2.12. The maximum atomic E-state index is 12.1. The van der Waals surface area contributed by atoms with Gasteiger partial charge in [-0.25, -0.2) is 8.42 Å². The predicted molar refractivity (Wildman–Crippen MR) is 60.6 cm³/mol. The summed E-state index contributed by atoms with van der Waals surface area (Å²) in [5.41, 5.74) is 1.09. The second kappa shape index (κ2) is 3.63. The molecule has 0 amide bonds. The van der Waals surface area contributed by atoms with Crippen LogP contribution in [-0.4, -0.2) is 13.7 Å². The normalized spacial score (nSPS) is 18.8. The molecule has 1 aliphatic carbocycles. The minimum atomic E-state index is -3.09. The van der Waals surface area contributed by atoms with E-state index in [2.05, 4.69) is 0 Å². The lowest BCUT2D eigenvalue weighted by molar-refractivity contribution is 0.574. The van der Waals surface area contributed by atoms with E-state index in [-0.39, 0.29) is 5.25 Å². The van der Waals surface area contributed by atoms with Gasteiger partial charge in [-0.1, -0.05) is 17.7 Å². The second-order valence-electron chi connectivity index (χ2n) is 4.40. The first kappa shape index (κ1) is 10.7. The molecular formula is C12H16O2S. The minimum Gasteiger partial charge on any atom is -0.223 e. The van der Waals surface area contributed by atoms with Crippen molar-refractivity contribution in [2.24, 2.45) is 5.92 Å². The standard InChI is InChI=1S/C12H16O2S/c1-9-3-7-12(8-4-9)15(13,14)10(2)11-5-6-11/h3-4,7-8,10-11H,5-6H2,1-2H3. The number of hydrogen-bond donors (Lipinski definition) is 0. The lowest BCUT2D eigenvalue weighted by atomic mass is 10.2. The Kier molecular flexibility index (Phi) is 2.59. The van der Waals surface area contributed by atoms with Gasteiger partial charge in [0.25, 0.3) is 0 Å². The highest BCUT2D eigenvalue weighted by Gasteiger charge is 2.37. The highest BCUT2D eigenvalue weighted by Crippen LogP contribution is 2.38. The average molecular weight is 224 g/mol. The zero-order chi connectivity index (χ0) is 11.1. The number of hydrogen-bond acceptors (Lipinski definition) is 2. The van der Waals surface area contributed by atoms with E-state index in [4.69, 9.17) is 0 Å². The maximum absolute atomic E-state index is 12.1. The van der Waals surface area contributed by atoms with Crippen LogP contribution in [0.1, 0.15) is 25.3 Å². The Morgan fingerprint density at radius 1 is 1.20 bits per heavy atom. The first-order chi connectivity index (χ1) is 7.01. The molecule has 1 saturated carbocycles. The Labute approximate surface area is 91.2 Å². The molecule has 1 aliphatic rings. The Morgan fingerprint density at radius 3 is 2.20 bits per heavy atom. The van der Waals surface area contributed by atoms with Crippen molar-refractivity contribution in [2.45, 2.75) is 36.8 Å². The third-order valence-electron chi connectivity index (χ3n) is 3.12. The van der Waals surface area contributed by atoms with Crippen LogP contribution in [0.2, 0.25) is 0 Å². The van der Waals surface area contributed by atoms with E-state index in [9.17, 15) is 8.42 Å². The molecule has 3 heteroatoms. The maximum Gasteiger partial charge on any atom is 0.181 e. The van der Waals surface area contributed by atoms with Crippen molar-refractivity contribution in [1.29, 1.82) is 0 Å². The van der Waals surface area contributed by atoms with Gasteiger partial charge in [0.1, 0.15) is 0 Å². The van der Waals surface area contributed by atoms with Gasteiger partial charge in [-0.05, 0) is 44.7 Å². The van der Waals surface area contributed by atoms with Crippen LogP contribution in [0.4, 0.5) is 0 Å². The Hall–Kier alpha value is -0.830. The lowest BCUT2D eigenvalue weighted by Gasteiger charge is -2.11. The van der Waals surface area contributed by atoms with Gasteiger partial charge in [-0.3, -0.25) is 0 Å². The van der Waals surface area contributed by atoms with Gasteiger partial charge in [0.15, 0.2) is 9.84 Å². The van der Waals surface area contributed by atoms with Crippen molar-refractivity contribution in [1.82, 2.24) is 0 Å². The Balaban J connectivity index is 2.32. The van der Waals surface area contributed by atoms with Gasteiger partial charge in [-0.2, -0.15) is 0 Å². The van der Waals surface area contributed by atoms with Crippen molar-refractivity contribution < 1.29 is 8.42 Å². The fraction of sp³-hybridized carbons (Fsp3) is 0.500. The second-order valence-corrected chi connectivity index (χ2v) is 6.71. The fourth-order valence-corrected chi connectivity index (χ4v) is 3.49. The summed E-state index contributed by atoms with van der Waals surface area (Å²) in [5, 5.41) is -0.222. The SMILES string of the molecule is Cc1ccc(S(=O)(=O)C(C)C2CC2)cc1. The molecule has 0 aliphatic heterocycles. The molecule has 15 heavy (non-hydrogen) atoms.